The molecule has 11 N–H and O–H groups in total. The molecule has 0 saturated heterocycles. The number of ether oxygens (including phenoxy) is 1. The molecule has 1 fully saturated rings. The number of phenols is 1. The van der Waals surface area contributed by atoms with E-state index in [4.69, 9.17) is 16.2 Å². The van der Waals surface area contributed by atoms with Gasteiger partial charge in [-0.3, -0.25) is 19.3 Å². The second-order valence-electron chi connectivity index (χ2n) is 14.3. The summed E-state index contributed by atoms with van der Waals surface area (Å²) in [5, 5.41) is 54.2. The summed E-state index contributed by atoms with van der Waals surface area (Å²) < 4.78 is 5.67. The number of amides is 4. The number of aromatic hydroxyl groups is 1. The number of fused-ring (bicyclic) bond motifs is 3. The van der Waals surface area contributed by atoms with Crippen LogP contribution in [0.5, 0.6) is 5.75 Å². The van der Waals surface area contributed by atoms with Gasteiger partial charge < -0.3 is 52.6 Å². The van der Waals surface area contributed by atoms with Crippen LogP contribution in [0.25, 0.3) is 5.76 Å². The molecule has 16 nitrogen and oxygen atoms in total. The average Bonchev–Trinajstić information content (AvgIpc) is 2.89. The highest BCUT2D eigenvalue weighted by Gasteiger charge is 2.71. The van der Waals surface area contributed by atoms with Crippen LogP contribution in [0, 0.1) is 11.8 Å². The minimum absolute atomic E-state index is 0.0717. The van der Waals surface area contributed by atoms with Crippen LogP contribution in [0.1, 0.15) is 58.7 Å². The van der Waals surface area contributed by atoms with Crippen LogP contribution < -0.4 is 27.4 Å². The molecule has 3 aliphatic rings. The van der Waals surface area contributed by atoms with Crippen LogP contribution in [-0.2, 0) is 19.1 Å². The molecule has 1 aromatic carbocycles. The quantitative estimate of drug-likeness (QED) is 0.161. The number of anilines is 1. The van der Waals surface area contributed by atoms with Crippen molar-refractivity contribution in [2.45, 2.75) is 76.4 Å². The monoisotopic (exact) mass is 658 g/mol. The van der Waals surface area contributed by atoms with Crippen LogP contribution in [0.15, 0.2) is 29.0 Å². The summed E-state index contributed by atoms with van der Waals surface area (Å²) in [5.74, 6) is -9.96. The van der Waals surface area contributed by atoms with E-state index < -0.39 is 105 Å². The molecule has 47 heavy (non-hydrogen) atoms. The lowest BCUT2D eigenvalue weighted by Crippen LogP contribution is -2.72. The molecule has 0 aromatic heterocycles. The third-order valence-electron chi connectivity index (χ3n) is 8.28. The lowest BCUT2D eigenvalue weighted by Gasteiger charge is -2.54. The van der Waals surface area contributed by atoms with Crippen LogP contribution in [0.4, 0.5) is 15.3 Å². The molecule has 3 aliphatic carbocycles. The summed E-state index contributed by atoms with van der Waals surface area (Å²) >= 11 is 0. The summed E-state index contributed by atoms with van der Waals surface area (Å²) in [6, 6.07) is -0.882. The molecule has 4 amide bonds. The van der Waals surface area contributed by atoms with Crippen molar-refractivity contribution in [3.8, 4) is 5.75 Å². The van der Waals surface area contributed by atoms with E-state index >= 15 is 0 Å². The van der Waals surface area contributed by atoms with Gasteiger partial charge in [0.25, 0.3) is 5.91 Å². The Morgan fingerprint density at radius 1 is 0.979 bits per heavy atom. The van der Waals surface area contributed by atoms with Crippen molar-refractivity contribution in [1.82, 2.24) is 15.5 Å². The fourth-order valence-electron chi connectivity index (χ4n) is 6.57. The molecule has 1 aromatic rings. The summed E-state index contributed by atoms with van der Waals surface area (Å²) in [7, 11) is 2.81. The predicted octanol–water partition coefficient (Wildman–Crippen LogP) is 0.845. The maximum atomic E-state index is 14.8. The molecule has 0 heterocycles. The molecular formula is C31H42N6O10. The van der Waals surface area contributed by atoms with Crippen molar-refractivity contribution in [2.75, 3.05) is 19.4 Å². The van der Waals surface area contributed by atoms with Gasteiger partial charge in [0.1, 0.15) is 17.1 Å². The lowest BCUT2D eigenvalue weighted by molar-refractivity contribution is -0.170. The smallest absolute Gasteiger partial charge is 0.409 e. The number of primary amides is 1. The van der Waals surface area contributed by atoms with E-state index in [1.807, 2.05) is 0 Å². The van der Waals surface area contributed by atoms with Crippen LogP contribution in [0.3, 0.4) is 0 Å². The third-order valence-corrected chi connectivity index (χ3v) is 8.28. The first kappa shape index (κ1) is 35.2. The SMILES string of the molecule is CN(C)[C@@H]1C(=O)C(C(N)=O)=C(O)[C@@]2(OC(=O)NC(C)(C)C)C(=O)C3=C(O)c4c(ccc(NC(=O)NC(C)(C)C)c4O)[C@H](N)[C@H]3[C@H](O)[C@@H]12. The van der Waals surface area contributed by atoms with Gasteiger partial charge in [-0.2, -0.15) is 0 Å². The van der Waals surface area contributed by atoms with E-state index in [0.717, 1.165) is 0 Å². The van der Waals surface area contributed by atoms with Crippen molar-refractivity contribution in [3.05, 3.63) is 40.2 Å². The normalized spacial score (nSPS) is 27.5. The number of nitrogens with one attached hydrogen (secondary N) is 3. The number of hydrogen-bond acceptors (Lipinski definition) is 12. The Labute approximate surface area is 270 Å². The number of urea groups is 1. The highest BCUT2D eigenvalue weighted by molar-refractivity contribution is 6.25. The number of carbonyl (C=O) groups is 5. The number of likely N-dealkylation sites (N-methyl/N-ethyl adjacent to an activating group) is 1. The minimum Gasteiger partial charge on any atom is -0.507 e. The van der Waals surface area contributed by atoms with Crippen LogP contribution in [-0.4, -0.2) is 97.8 Å². The molecule has 0 aliphatic heterocycles. The fourth-order valence-corrected chi connectivity index (χ4v) is 6.57. The van der Waals surface area contributed by atoms with Gasteiger partial charge in [-0.15, -0.1) is 0 Å². The number of benzene rings is 1. The van der Waals surface area contributed by atoms with Gasteiger partial charge in [-0.05, 0) is 67.3 Å². The van der Waals surface area contributed by atoms with E-state index in [1.165, 1.54) is 31.1 Å². The highest BCUT2D eigenvalue weighted by Crippen LogP contribution is 2.57. The number of ketones is 2. The molecule has 0 unspecified atom stereocenters. The Bertz CT molecular complexity index is 1640. The zero-order chi connectivity index (χ0) is 35.7. The molecule has 1 saturated carbocycles. The number of nitrogens with zero attached hydrogens (tertiary/aromatic N) is 1. The summed E-state index contributed by atoms with van der Waals surface area (Å²) in [5.41, 5.74) is 5.34. The fraction of sp³-hybridized carbons (Fsp3) is 0.516. The zero-order valence-electron chi connectivity index (χ0n) is 27.4. The molecule has 0 bridgehead atoms. The molecule has 256 valence electrons. The van der Waals surface area contributed by atoms with Gasteiger partial charge in [0.05, 0.1) is 34.9 Å². The lowest BCUT2D eigenvalue weighted by atomic mass is 9.55. The van der Waals surface area contributed by atoms with E-state index in [0.29, 0.717) is 0 Å². The Hall–Kier alpha value is -4.67. The number of carbonyl (C=O) groups excluding carboxylic acids is 5. The Balaban J connectivity index is 2.03. The van der Waals surface area contributed by atoms with Crippen molar-refractivity contribution in [2.24, 2.45) is 23.3 Å². The number of alkyl carbamates (subject to hydrolysis) is 1. The standard InChI is InChI=1S/C31H42N6O10/c1-29(2,3)35-27(45)34-12-10-9-11-13(20(12)38)21(39)15-14(18(11)32)22(40)17-19(37(7)8)23(41)16(26(33)44)25(43)31(17,24(15)42)47-28(46)36-30(4,5)6/h9-10,14,17-19,22,38-40,43H,32H2,1-8H3,(H2,33,44)(H,36,46)(H2,34,35,45)/t14-,17+,18-,19-,22-,31-/m0/s1. The van der Waals surface area contributed by atoms with E-state index in [-0.39, 0.29) is 16.8 Å². The number of aliphatic hydroxyl groups is 3. The van der Waals surface area contributed by atoms with Crippen molar-refractivity contribution in [1.29, 1.82) is 0 Å². The molecule has 6 atom stereocenters. The second-order valence-corrected chi connectivity index (χ2v) is 14.3. The first-order valence-electron chi connectivity index (χ1n) is 14.8. The van der Waals surface area contributed by atoms with Gasteiger partial charge in [0.2, 0.25) is 11.4 Å². The molecule has 4 rings (SSSR count). The molecule has 0 spiro atoms. The van der Waals surface area contributed by atoms with Crippen molar-refractivity contribution in [3.63, 3.8) is 0 Å². The molecular weight excluding hydrogens is 616 g/mol. The summed E-state index contributed by atoms with van der Waals surface area (Å²) in [4.78, 5) is 68.1. The van der Waals surface area contributed by atoms with Gasteiger partial charge in [0, 0.05) is 23.0 Å². The maximum absolute atomic E-state index is 14.8. The molecule has 16 heteroatoms. The van der Waals surface area contributed by atoms with Crippen LogP contribution >= 0.6 is 0 Å². The van der Waals surface area contributed by atoms with E-state index in [1.54, 1.807) is 41.5 Å². The number of rotatable bonds is 4. The topological polar surface area (TPSA) is 267 Å². The van der Waals surface area contributed by atoms with Gasteiger partial charge in [-0.25, -0.2) is 9.59 Å². The number of nitrogens with two attached hydrogens (primary N) is 2. The second kappa shape index (κ2) is 11.5. The Morgan fingerprint density at radius 2 is 1.55 bits per heavy atom. The minimum atomic E-state index is -2.98. The molecule has 0 radical (unpaired) electrons. The summed E-state index contributed by atoms with van der Waals surface area (Å²) in [6.07, 6.45) is -3.16. The number of phenolic OH excluding ortho intramolecular Hbond substituents is 1. The Kier molecular flexibility index (Phi) is 8.64. The van der Waals surface area contributed by atoms with E-state index in [2.05, 4.69) is 16.0 Å². The van der Waals surface area contributed by atoms with Crippen molar-refractivity contribution < 1.29 is 49.1 Å². The van der Waals surface area contributed by atoms with Gasteiger partial charge in [0.15, 0.2) is 11.5 Å². The van der Waals surface area contributed by atoms with Crippen molar-refractivity contribution >= 4 is 41.0 Å². The largest absolute Gasteiger partial charge is 0.507 e. The number of aliphatic hydroxyl groups excluding tert-OH is 3. The highest BCUT2D eigenvalue weighted by atomic mass is 16.6. The zero-order valence-corrected chi connectivity index (χ0v) is 27.4. The van der Waals surface area contributed by atoms with E-state index in [9.17, 15) is 44.4 Å². The maximum Gasteiger partial charge on any atom is 0.409 e. The summed E-state index contributed by atoms with van der Waals surface area (Å²) in [6.45, 7) is 9.97. The first-order chi connectivity index (χ1) is 21.5. The average molecular weight is 659 g/mol. The van der Waals surface area contributed by atoms with Gasteiger partial charge in [-0.1, -0.05) is 6.07 Å². The first-order valence-corrected chi connectivity index (χ1v) is 14.8. The van der Waals surface area contributed by atoms with Gasteiger partial charge >= 0.3 is 12.1 Å². The number of Topliss-reactive ketones (excluding diaryl/α,β-unsaturated/α-hetero) is 2. The number of hydrogen-bond donors (Lipinski definition) is 9. The predicted molar refractivity (Wildman–Crippen MR) is 168 cm³/mol. The third kappa shape index (κ3) is 5.76. The Morgan fingerprint density at radius 3 is 2.06 bits per heavy atom. The van der Waals surface area contributed by atoms with Crippen LogP contribution in [0.2, 0.25) is 0 Å².